The summed E-state index contributed by atoms with van der Waals surface area (Å²) in [5.41, 5.74) is 0. The van der Waals surface area contributed by atoms with Gasteiger partial charge in [0.1, 0.15) is 0 Å². The Labute approximate surface area is 71.7 Å². The molecule has 0 spiro atoms. The molecule has 0 atom stereocenters. The second kappa shape index (κ2) is 4.44. The minimum absolute atomic E-state index is 0.211. The van der Waals surface area contributed by atoms with Crippen molar-refractivity contribution < 1.29 is 9.90 Å². The van der Waals surface area contributed by atoms with E-state index in [2.05, 4.69) is 20.8 Å². The molecule has 0 aromatic rings. The van der Waals surface area contributed by atoms with Crippen LogP contribution in [0.4, 0.5) is 0 Å². The molecule has 3 heteroatoms. The maximum absolute atomic E-state index is 10.0. The van der Waals surface area contributed by atoms with Crippen LogP contribution in [0.1, 0.15) is 20.8 Å². The lowest BCUT2D eigenvalue weighted by atomic mass is 10.3. The predicted octanol–water partition coefficient (Wildman–Crippen LogP) is 2.16. The third kappa shape index (κ3) is 9.56. The zero-order valence-electron chi connectivity index (χ0n) is 7.13. The van der Waals surface area contributed by atoms with Gasteiger partial charge in [-0.25, -0.2) is 4.79 Å². The monoisotopic (exact) mass is 174 g/mol. The van der Waals surface area contributed by atoms with Gasteiger partial charge in [0.05, 0.1) is 0 Å². The Balaban J connectivity index is 3.50. The second-order valence-electron chi connectivity index (χ2n) is 3.16. The molecule has 0 aromatic heterocycles. The average molecular weight is 174 g/mol. The number of thioether (sulfide) groups is 1. The highest BCUT2D eigenvalue weighted by atomic mass is 32.2. The average Bonchev–Trinajstić information content (AvgIpc) is 1.78. The number of carbonyl (C=O) groups is 1. The first-order chi connectivity index (χ1) is 4.92. The van der Waals surface area contributed by atoms with E-state index in [4.69, 9.17) is 5.11 Å². The van der Waals surface area contributed by atoms with Crippen LogP contribution in [0.25, 0.3) is 0 Å². The number of hydrogen-bond acceptors (Lipinski definition) is 2. The minimum Gasteiger partial charge on any atom is -0.478 e. The molecule has 0 bridgehead atoms. The Hall–Kier alpha value is -0.440. The Kier molecular flexibility index (Phi) is 4.26. The Morgan fingerprint density at radius 3 is 2.45 bits per heavy atom. The summed E-state index contributed by atoms with van der Waals surface area (Å²) in [5, 5.41) is 8.25. The molecular weight excluding hydrogens is 160 g/mol. The second-order valence-corrected chi connectivity index (χ2v) is 5.01. The predicted molar refractivity (Wildman–Crippen MR) is 49.0 cm³/mol. The molecule has 0 heterocycles. The molecule has 0 aliphatic rings. The highest BCUT2D eigenvalue weighted by molar-refractivity contribution is 8.00. The van der Waals surface area contributed by atoms with E-state index < -0.39 is 5.97 Å². The molecule has 1 N–H and O–H groups in total. The number of carboxylic acid groups (broad SMARTS) is 1. The molecule has 64 valence electrons. The largest absolute Gasteiger partial charge is 0.478 e. The highest BCUT2D eigenvalue weighted by Crippen LogP contribution is 2.22. The topological polar surface area (TPSA) is 37.3 Å². The minimum atomic E-state index is -0.875. The number of rotatable bonds is 3. The quantitative estimate of drug-likeness (QED) is 0.666. The number of carboxylic acids is 1. The van der Waals surface area contributed by atoms with Crippen molar-refractivity contribution in [3.05, 3.63) is 12.2 Å². The third-order valence-electron chi connectivity index (χ3n) is 0.873. The number of hydrogen-bond donors (Lipinski definition) is 1. The molecule has 0 rings (SSSR count). The first-order valence-electron chi connectivity index (χ1n) is 3.45. The normalized spacial score (nSPS) is 12.3. The van der Waals surface area contributed by atoms with Crippen LogP contribution in [0.5, 0.6) is 0 Å². The lowest BCUT2D eigenvalue weighted by Crippen LogP contribution is -2.07. The summed E-state index contributed by atoms with van der Waals surface area (Å²) in [6.45, 7) is 6.31. The fourth-order valence-corrected chi connectivity index (χ4v) is 1.14. The maximum atomic E-state index is 10.0. The summed E-state index contributed by atoms with van der Waals surface area (Å²) in [6, 6.07) is 0. The van der Waals surface area contributed by atoms with Crippen molar-refractivity contribution in [2.45, 2.75) is 25.5 Å². The summed E-state index contributed by atoms with van der Waals surface area (Å²) >= 11 is 1.73. The van der Waals surface area contributed by atoms with Crippen LogP contribution in [-0.4, -0.2) is 21.6 Å². The summed E-state index contributed by atoms with van der Waals surface area (Å²) in [5.74, 6) is -0.116. The van der Waals surface area contributed by atoms with Crippen molar-refractivity contribution in [3.63, 3.8) is 0 Å². The zero-order valence-corrected chi connectivity index (χ0v) is 7.94. The van der Waals surface area contributed by atoms with Crippen LogP contribution >= 0.6 is 11.8 Å². The van der Waals surface area contributed by atoms with E-state index in [0.29, 0.717) is 0 Å². The molecule has 2 nitrogen and oxygen atoms in total. The van der Waals surface area contributed by atoms with Gasteiger partial charge in [-0.15, -0.1) is 0 Å². The zero-order chi connectivity index (χ0) is 8.91. The Morgan fingerprint density at radius 1 is 1.55 bits per heavy atom. The van der Waals surface area contributed by atoms with E-state index in [1.807, 2.05) is 0 Å². The molecular formula is C8H14O2S. The van der Waals surface area contributed by atoms with E-state index in [1.54, 1.807) is 17.8 Å². The van der Waals surface area contributed by atoms with Gasteiger partial charge in [0.15, 0.2) is 0 Å². The van der Waals surface area contributed by atoms with E-state index in [1.165, 1.54) is 6.08 Å². The maximum Gasteiger partial charge on any atom is 0.328 e. The third-order valence-corrected chi connectivity index (χ3v) is 2.10. The first-order valence-corrected chi connectivity index (χ1v) is 4.44. The van der Waals surface area contributed by atoms with Gasteiger partial charge in [0, 0.05) is 16.6 Å². The van der Waals surface area contributed by atoms with Gasteiger partial charge in [-0.05, 0) is 0 Å². The van der Waals surface area contributed by atoms with E-state index in [-0.39, 0.29) is 4.75 Å². The Bertz CT molecular complexity index is 156. The fraction of sp³-hybridized carbons (Fsp3) is 0.625. The molecule has 11 heavy (non-hydrogen) atoms. The van der Waals surface area contributed by atoms with E-state index in [0.717, 1.165) is 5.75 Å². The van der Waals surface area contributed by atoms with Crippen LogP contribution < -0.4 is 0 Å². The molecule has 0 amide bonds. The van der Waals surface area contributed by atoms with Crippen LogP contribution in [0, 0.1) is 0 Å². The molecule has 0 aliphatic carbocycles. The fourth-order valence-electron chi connectivity index (χ4n) is 0.447. The van der Waals surface area contributed by atoms with Crippen LogP contribution in [0.2, 0.25) is 0 Å². The van der Waals surface area contributed by atoms with Gasteiger partial charge in [0.2, 0.25) is 0 Å². The highest BCUT2D eigenvalue weighted by Gasteiger charge is 2.07. The first kappa shape index (κ1) is 10.6. The molecule has 0 radical (unpaired) electrons. The number of aliphatic carboxylic acids is 1. The van der Waals surface area contributed by atoms with Crippen molar-refractivity contribution >= 4 is 17.7 Å². The van der Waals surface area contributed by atoms with Crippen LogP contribution in [0.3, 0.4) is 0 Å². The Morgan fingerprint density at radius 2 is 2.09 bits per heavy atom. The SMILES string of the molecule is CC(C)(C)SCC=CC(=O)O. The molecule has 0 aromatic carbocycles. The van der Waals surface area contributed by atoms with Gasteiger partial charge in [0.25, 0.3) is 0 Å². The summed E-state index contributed by atoms with van der Waals surface area (Å²) < 4.78 is 0.211. The van der Waals surface area contributed by atoms with Crippen molar-refractivity contribution in [2.24, 2.45) is 0 Å². The van der Waals surface area contributed by atoms with Gasteiger partial charge in [-0.3, -0.25) is 0 Å². The van der Waals surface area contributed by atoms with Crippen molar-refractivity contribution in [3.8, 4) is 0 Å². The lowest BCUT2D eigenvalue weighted by Gasteiger charge is -2.15. The summed E-state index contributed by atoms with van der Waals surface area (Å²) in [4.78, 5) is 10.0. The standard InChI is InChI=1S/C8H14O2S/c1-8(2,3)11-6-4-5-7(9)10/h4-5H,6H2,1-3H3,(H,9,10). The molecule has 0 fully saturated rings. The van der Waals surface area contributed by atoms with Crippen LogP contribution in [-0.2, 0) is 4.79 Å². The van der Waals surface area contributed by atoms with Gasteiger partial charge >= 0.3 is 5.97 Å². The molecule has 0 saturated heterocycles. The van der Waals surface area contributed by atoms with Crippen LogP contribution in [0.15, 0.2) is 12.2 Å². The van der Waals surface area contributed by atoms with Gasteiger partial charge < -0.3 is 5.11 Å². The van der Waals surface area contributed by atoms with E-state index in [9.17, 15) is 4.79 Å². The smallest absolute Gasteiger partial charge is 0.328 e. The lowest BCUT2D eigenvalue weighted by molar-refractivity contribution is -0.131. The summed E-state index contributed by atoms with van der Waals surface area (Å²) in [6.07, 6.45) is 2.84. The van der Waals surface area contributed by atoms with E-state index >= 15 is 0 Å². The van der Waals surface area contributed by atoms with Crippen molar-refractivity contribution in [2.75, 3.05) is 5.75 Å². The summed E-state index contributed by atoms with van der Waals surface area (Å²) in [7, 11) is 0. The van der Waals surface area contributed by atoms with Crippen molar-refractivity contribution in [1.29, 1.82) is 0 Å². The van der Waals surface area contributed by atoms with Gasteiger partial charge in [-0.2, -0.15) is 11.8 Å². The molecule has 0 aliphatic heterocycles. The van der Waals surface area contributed by atoms with Gasteiger partial charge in [-0.1, -0.05) is 26.8 Å². The van der Waals surface area contributed by atoms with Crippen molar-refractivity contribution in [1.82, 2.24) is 0 Å². The molecule has 0 saturated carbocycles. The molecule has 0 unspecified atom stereocenters.